The summed E-state index contributed by atoms with van der Waals surface area (Å²) in [5, 5.41) is 2.76. The van der Waals surface area contributed by atoms with Crippen LogP contribution in [0.25, 0.3) is 0 Å². The highest BCUT2D eigenvalue weighted by Gasteiger charge is 2.43. The SMILES string of the molecule is CC(C)(Oc1ccc(F)c(Cl)c1Cl)C(=O)NC1C[C@H]2CC[C@@H](C1)N2c1ccc(NS(C)(=O)=O)cn1. The van der Waals surface area contributed by atoms with Gasteiger partial charge in [0, 0.05) is 18.1 Å². The fourth-order valence-corrected chi connectivity index (χ4v) is 5.65. The van der Waals surface area contributed by atoms with Gasteiger partial charge in [-0.15, -0.1) is 0 Å². The van der Waals surface area contributed by atoms with Gasteiger partial charge >= 0.3 is 0 Å². The number of halogens is 3. The predicted octanol–water partition coefficient (Wildman–Crippen LogP) is 4.37. The predicted molar refractivity (Wildman–Crippen MR) is 134 cm³/mol. The zero-order valence-electron chi connectivity index (χ0n) is 19.5. The molecule has 1 unspecified atom stereocenters. The highest BCUT2D eigenvalue weighted by atomic mass is 35.5. The molecule has 2 bridgehead atoms. The van der Waals surface area contributed by atoms with Crippen molar-refractivity contribution in [3.8, 4) is 5.75 Å². The summed E-state index contributed by atoms with van der Waals surface area (Å²) in [4.78, 5) is 19.8. The summed E-state index contributed by atoms with van der Waals surface area (Å²) in [7, 11) is -3.37. The Hall–Kier alpha value is -2.30. The minimum Gasteiger partial charge on any atom is -0.476 e. The van der Waals surface area contributed by atoms with Gasteiger partial charge in [0.15, 0.2) is 5.60 Å². The van der Waals surface area contributed by atoms with Gasteiger partial charge in [-0.1, -0.05) is 23.2 Å². The molecule has 8 nitrogen and oxygen atoms in total. The van der Waals surface area contributed by atoms with E-state index in [0.717, 1.165) is 43.8 Å². The lowest BCUT2D eigenvalue weighted by atomic mass is 9.96. The molecule has 1 amide bonds. The number of nitrogens with one attached hydrogen (secondary N) is 2. The number of pyridine rings is 1. The van der Waals surface area contributed by atoms with Gasteiger partial charge in [0.05, 0.1) is 23.2 Å². The largest absolute Gasteiger partial charge is 0.476 e. The number of sulfonamides is 1. The number of fused-ring (bicyclic) bond motifs is 2. The lowest BCUT2D eigenvalue weighted by Crippen LogP contribution is -2.55. The molecule has 3 heterocycles. The number of carbonyl (C=O) groups excluding carboxylic acids is 1. The highest BCUT2D eigenvalue weighted by molar-refractivity contribution is 7.92. The number of nitrogens with zero attached hydrogens (tertiary/aromatic N) is 2. The first-order chi connectivity index (χ1) is 16.3. The smallest absolute Gasteiger partial charge is 0.263 e. The van der Waals surface area contributed by atoms with Crippen molar-refractivity contribution in [2.45, 2.75) is 63.3 Å². The van der Waals surface area contributed by atoms with Gasteiger partial charge in [-0.05, 0) is 63.8 Å². The Morgan fingerprint density at radius 3 is 2.37 bits per heavy atom. The van der Waals surface area contributed by atoms with Crippen molar-refractivity contribution in [3.63, 3.8) is 0 Å². The van der Waals surface area contributed by atoms with E-state index >= 15 is 0 Å². The van der Waals surface area contributed by atoms with Crippen molar-refractivity contribution in [3.05, 3.63) is 46.3 Å². The lowest BCUT2D eigenvalue weighted by molar-refractivity contribution is -0.135. The molecular formula is C23H27Cl2FN4O4S. The quantitative estimate of drug-likeness (QED) is 0.502. The maximum Gasteiger partial charge on any atom is 0.263 e. The Bertz CT molecular complexity index is 1210. The normalized spacial score (nSPS) is 22.1. The van der Waals surface area contributed by atoms with Crippen molar-refractivity contribution in [1.82, 2.24) is 10.3 Å². The number of hydrogen-bond acceptors (Lipinski definition) is 6. The third-order valence-electron chi connectivity index (χ3n) is 6.30. The molecule has 1 aromatic carbocycles. The van der Waals surface area contributed by atoms with Gasteiger partial charge in [-0.25, -0.2) is 17.8 Å². The van der Waals surface area contributed by atoms with E-state index in [4.69, 9.17) is 27.9 Å². The maximum atomic E-state index is 13.6. The fraction of sp³-hybridized carbons (Fsp3) is 0.478. The topological polar surface area (TPSA) is 101 Å². The Morgan fingerprint density at radius 2 is 1.80 bits per heavy atom. The third kappa shape index (κ3) is 5.76. The molecule has 3 atom stereocenters. The van der Waals surface area contributed by atoms with Crippen LogP contribution in [0.15, 0.2) is 30.5 Å². The number of amides is 1. The number of aromatic nitrogens is 1. The second-order valence-corrected chi connectivity index (χ2v) is 12.0. The van der Waals surface area contributed by atoms with Crippen molar-refractivity contribution < 1.29 is 22.3 Å². The molecule has 0 radical (unpaired) electrons. The second-order valence-electron chi connectivity index (χ2n) is 9.50. The summed E-state index contributed by atoms with van der Waals surface area (Å²) in [6, 6.07) is 6.36. The molecule has 2 aromatic rings. The van der Waals surface area contributed by atoms with Crippen molar-refractivity contribution in [2.75, 3.05) is 15.9 Å². The lowest BCUT2D eigenvalue weighted by Gasteiger charge is -2.40. The van der Waals surface area contributed by atoms with Crippen molar-refractivity contribution in [1.29, 1.82) is 0 Å². The molecule has 190 valence electrons. The summed E-state index contributed by atoms with van der Waals surface area (Å²) in [5.74, 6) is -0.0497. The summed E-state index contributed by atoms with van der Waals surface area (Å²) in [6.07, 6.45) is 6.04. The van der Waals surface area contributed by atoms with Gasteiger partial charge in [-0.2, -0.15) is 0 Å². The number of piperidine rings is 1. The third-order valence-corrected chi connectivity index (χ3v) is 7.74. The monoisotopic (exact) mass is 544 g/mol. The van der Waals surface area contributed by atoms with Gasteiger partial charge in [0.1, 0.15) is 22.4 Å². The molecule has 12 heteroatoms. The maximum absolute atomic E-state index is 13.6. The molecule has 2 fully saturated rings. The van der Waals surface area contributed by atoms with E-state index in [1.807, 2.05) is 6.07 Å². The minimum atomic E-state index is -3.37. The van der Waals surface area contributed by atoms with E-state index in [1.165, 1.54) is 12.3 Å². The van der Waals surface area contributed by atoms with E-state index in [2.05, 4.69) is 19.9 Å². The number of carbonyl (C=O) groups is 1. The van der Waals surface area contributed by atoms with Crippen LogP contribution in [0.2, 0.25) is 10.0 Å². The fourth-order valence-electron chi connectivity index (χ4n) is 4.75. The molecule has 35 heavy (non-hydrogen) atoms. The van der Waals surface area contributed by atoms with E-state index in [9.17, 15) is 17.6 Å². The zero-order chi connectivity index (χ0) is 25.5. The van der Waals surface area contributed by atoms with Crippen LogP contribution >= 0.6 is 23.2 Å². The molecule has 0 spiro atoms. The summed E-state index contributed by atoms with van der Waals surface area (Å²) < 4.78 is 44.7. The Kier molecular flexibility index (Phi) is 7.09. The van der Waals surface area contributed by atoms with Gasteiger partial charge in [-0.3, -0.25) is 9.52 Å². The summed E-state index contributed by atoms with van der Waals surface area (Å²) in [5.41, 5.74) is -0.846. The van der Waals surface area contributed by atoms with Crippen LogP contribution in [-0.2, 0) is 14.8 Å². The second kappa shape index (κ2) is 9.63. The van der Waals surface area contributed by atoms with E-state index in [-0.39, 0.29) is 39.8 Å². The molecule has 0 aliphatic carbocycles. The summed E-state index contributed by atoms with van der Waals surface area (Å²) in [6.45, 7) is 3.24. The highest BCUT2D eigenvalue weighted by Crippen LogP contribution is 2.39. The van der Waals surface area contributed by atoms with Crippen molar-refractivity contribution >= 4 is 50.6 Å². The molecular weight excluding hydrogens is 518 g/mol. The van der Waals surface area contributed by atoms with Crippen LogP contribution in [-0.4, -0.2) is 49.3 Å². The molecule has 2 aliphatic heterocycles. The zero-order valence-corrected chi connectivity index (χ0v) is 21.8. The van der Waals surface area contributed by atoms with E-state index in [1.54, 1.807) is 19.9 Å². The average Bonchev–Trinajstić information content (AvgIpc) is 3.03. The van der Waals surface area contributed by atoms with E-state index < -0.39 is 21.4 Å². The number of hydrogen-bond donors (Lipinski definition) is 2. The van der Waals surface area contributed by atoms with Crippen LogP contribution in [0.3, 0.4) is 0 Å². The summed E-state index contributed by atoms with van der Waals surface area (Å²) >= 11 is 11.9. The number of benzene rings is 1. The van der Waals surface area contributed by atoms with Gasteiger partial charge < -0.3 is 15.0 Å². The molecule has 2 N–H and O–H groups in total. The molecule has 1 aromatic heterocycles. The Labute approximate surface area is 214 Å². The molecule has 2 saturated heterocycles. The van der Waals surface area contributed by atoms with Crippen molar-refractivity contribution in [2.24, 2.45) is 0 Å². The number of rotatable bonds is 7. The first-order valence-electron chi connectivity index (χ1n) is 11.2. The van der Waals surface area contributed by atoms with E-state index in [0.29, 0.717) is 5.69 Å². The molecule has 4 rings (SSSR count). The first-order valence-corrected chi connectivity index (χ1v) is 13.8. The molecule has 0 saturated carbocycles. The van der Waals surface area contributed by atoms with Crippen LogP contribution in [0.4, 0.5) is 15.9 Å². The molecule has 2 aliphatic rings. The standard InChI is InChI=1S/C23H27Cl2FN4O4S/c1-23(2,34-18-8-7-17(26)20(24)21(18)25)22(31)28-14-10-15-5-6-16(11-14)30(15)19-9-4-13(12-27-19)29-35(3,32)33/h4,7-9,12,14-16,29H,5-6,10-11H2,1-3H3,(H,28,31)/t14?,15-,16+. The number of ether oxygens (including phenoxy) is 1. The Morgan fingerprint density at radius 1 is 1.14 bits per heavy atom. The minimum absolute atomic E-state index is 0.0439. The van der Waals surface area contributed by atoms with Crippen LogP contribution in [0, 0.1) is 5.82 Å². The van der Waals surface area contributed by atoms with Crippen LogP contribution < -0.4 is 19.7 Å². The first kappa shape index (κ1) is 25.8. The van der Waals surface area contributed by atoms with Gasteiger partial charge in [0.25, 0.3) is 5.91 Å². The average molecular weight is 545 g/mol. The number of anilines is 2. The van der Waals surface area contributed by atoms with Crippen LogP contribution in [0.5, 0.6) is 5.75 Å². The van der Waals surface area contributed by atoms with Gasteiger partial charge in [0.2, 0.25) is 10.0 Å². The Balaban J connectivity index is 1.39. The van der Waals surface area contributed by atoms with Crippen LogP contribution in [0.1, 0.15) is 39.5 Å².